The second kappa shape index (κ2) is 6.16. The van der Waals surface area contributed by atoms with E-state index in [0.29, 0.717) is 6.04 Å². The summed E-state index contributed by atoms with van der Waals surface area (Å²) in [6.07, 6.45) is 4.07. The first-order chi connectivity index (χ1) is 8.74. The monoisotopic (exact) mass is 263 g/mol. The number of aromatic nitrogens is 2. The molecule has 0 saturated heterocycles. The normalized spacial score (nSPS) is 12.8. The molecule has 0 aliphatic carbocycles. The van der Waals surface area contributed by atoms with Gasteiger partial charge in [-0.05, 0) is 36.0 Å². The Labute approximate surface area is 113 Å². The van der Waals surface area contributed by atoms with Gasteiger partial charge in [-0.1, -0.05) is 13.8 Å². The summed E-state index contributed by atoms with van der Waals surface area (Å²) in [5.74, 6) is 0. The van der Waals surface area contributed by atoms with E-state index in [1.165, 1.54) is 10.4 Å². The smallest absolute Gasteiger partial charge is 0.0643 e. The maximum Gasteiger partial charge on any atom is 0.0643 e. The molecule has 0 amide bonds. The Morgan fingerprint density at radius 1 is 1.39 bits per heavy atom. The number of likely N-dealkylation sites (N-methyl/N-ethyl adjacent to an activating group) is 1. The lowest BCUT2D eigenvalue weighted by Gasteiger charge is -2.17. The van der Waals surface area contributed by atoms with Crippen LogP contribution in [0.4, 0.5) is 0 Å². The fraction of sp³-hybridized carbons (Fsp3) is 0.500. The van der Waals surface area contributed by atoms with Gasteiger partial charge in [-0.3, -0.25) is 4.68 Å². The molecule has 0 radical (unpaired) electrons. The van der Waals surface area contributed by atoms with Crippen LogP contribution >= 0.6 is 11.3 Å². The molecule has 0 aliphatic rings. The number of thiophene rings is 1. The maximum absolute atomic E-state index is 4.48. The predicted octanol–water partition coefficient (Wildman–Crippen LogP) is 2.94. The molecule has 2 aromatic heterocycles. The summed E-state index contributed by atoms with van der Waals surface area (Å²) >= 11 is 1.85. The van der Waals surface area contributed by atoms with E-state index in [2.05, 4.69) is 41.8 Å². The topological polar surface area (TPSA) is 29.9 Å². The van der Waals surface area contributed by atoms with E-state index in [1.807, 2.05) is 29.3 Å². The quantitative estimate of drug-likeness (QED) is 0.868. The highest BCUT2D eigenvalue weighted by molar-refractivity contribution is 7.10. The second-order valence-electron chi connectivity index (χ2n) is 4.46. The largest absolute Gasteiger partial charge is 0.309 e. The van der Waals surface area contributed by atoms with E-state index in [0.717, 1.165) is 25.1 Å². The third kappa shape index (κ3) is 3.00. The summed E-state index contributed by atoms with van der Waals surface area (Å²) in [5.41, 5.74) is 2.61. The maximum atomic E-state index is 4.48. The molecule has 0 fully saturated rings. The van der Waals surface area contributed by atoms with Crippen LogP contribution in [0.3, 0.4) is 0 Å². The molecule has 1 atom stereocenters. The molecule has 2 aromatic rings. The van der Waals surface area contributed by atoms with Crippen molar-refractivity contribution in [2.24, 2.45) is 7.05 Å². The number of hydrogen-bond acceptors (Lipinski definition) is 3. The van der Waals surface area contributed by atoms with Crippen LogP contribution in [0, 0.1) is 0 Å². The minimum Gasteiger partial charge on any atom is -0.309 e. The first-order valence-electron chi connectivity index (χ1n) is 6.52. The molecule has 3 nitrogen and oxygen atoms in total. The third-order valence-corrected chi connectivity index (χ3v) is 4.18. The van der Waals surface area contributed by atoms with E-state index in [1.54, 1.807) is 0 Å². The summed E-state index contributed by atoms with van der Waals surface area (Å²) < 4.78 is 1.87. The van der Waals surface area contributed by atoms with Gasteiger partial charge in [-0.15, -0.1) is 11.3 Å². The number of rotatable bonds is 6. The van der Waals surface area contributed by atoms with E-state index < -0.39 is 0 Å². The lowest BCUT2D eigenvalue weighted by molar-refractivity contribution is 0.544. The van der Waals surface area contributed by atoms with Gasteiger partial charge in [0.1, 0.15) is 0 Å². The second-order valence-corrected chi connectivity index (χ2v) is 5.41. The van der Waals surface area contributed by atoms with Crippen LogP contribution in [-0.2, 0) is 19.9 Å². The standard InChI is InChI=1S/C14H21N3S/c1-4-11-7-9-18-14(11)13(15-5-2)10-12-6-8-17(3)16-12/h6-9,13,15H,4-5,10H2,1-3H3. The van der Waals surface area contributed by atoms with Crippen molar-refractivity contribution in [1.82, 2.24) is 15.1 Å². The molecule has 2 heterocycles. The summed E-state index contributed by atoms with van der Waals surface area (Å²) in [5, 5.41) is 10.2. The summed E-state index contributed by atoms with van der Waals surface area (Å²) in [7, 11) is 1.97. The molecule has 0 aromatic carbocycles. The molecule has 18 heavy (non-hydrogen) atoms. The van der Waals surface area contributed by atoms with Crippen LogP contribution < -0.4 is 5.32 Å². The Morgan fingerprint density at radius 3 is 2.83 bits per heavy atom. The SMILES string of the molecule is CCNC(Cc1ccn(C)n1)c1sccc1CC. The molecule has 0 aliphatic heterocycles. The van der Waals surface area contributed by atoms with Crippen molar-refractivity contribution in [3.63, 3.8) is 0 Å². The van der Waals surface area contributed by atoms with E-state index in [9.17, 15) is 0 Å². The van der Waals surface area contributed by atoms with Crippen molar-refractivity contribution >= 4 is 11.3 Å². The number of nitrogens with zero attached hydrogens (tertiary/aromatic N) is 2. The molecule has 1 unspecified atom stereocenters. The van der Waals surface area contributed by atoms with Crippen LogP contribution in [0.2, 0.25) is 0 Å². The highest BCUT2D eigenvalue weighted by Crippen LogP contribution is 2.27. The summed E-state index contributed by atoms with van der Waals surface area (Å²) in [4.78, 5) is 1.46. The van der Waals surface area contributed by atoms with Crippen LogP contribution in [0.1, 0.15) is 36.0 Å². The van der Waals surface area contributed by atoms with Crippen LogP contribution in [0.5, 0.6) is 0 Å². The van der Waals surface area contributed by atoms with Gasteiger partial charge in [-0.2, -0.15) is 5.10 Å². The van der Waals surface area contributed by atoms with Crippen molar-refractivity contribution in [3.8, 4) is 0 Å². The van der Waals surface area contributed by atoms with Gasteiger partial charge >= 0.3 is 0 Å². The number of aryl methyl sites for hydroxylation is 2. The van der Waals surface area contributed by atoms with Crippen molar-refractivity contribution in [2.45, 2.75) is 32.7 Å². The average molecular weight is 263 g/mol. The Bertz CT molecular complexity index is 487. The highest BCUT2D eigenvalue weighted by Gasteiger charge is 2.16. The zero-order valence-corrected chi connectivity index (χ0v) is 12.1. The summed E-state index contributed by atoms with van der Waals surface area (Å²) in [6, 6.07) is 4.73. The van der Waals surface area contributed by atoms with Crippen LogP contribution in [-0.4, -0.2) is 16.3 Å². The van der Waals surface area contributed by atoms with Gasteiger partial charge < -0.3 is 5.32 Å². The summed E-state index contributed by atoms with van der Waals surface area (Å²) in [6.45, 7) is 5.36. The number of hydrogen-bond donors (Lipinski definition) is 1. The van der Waals surface area contributed by atoms with E-state index in [4.69, 9.17) is 0 Å². The van der Waals surface area contributed by atoms with Gasteiger partial charge in [0.25, 0.3) is 0 Å². The predicted molar refractivity (Wildman–Crippen MR) is 77.0 cm³/mol. The molecule has 0 bridgehead atoms. The molecule has 98 valence electrons. The molecule has 4 heteroatoms. The highest BCUT2D eigenvalue weighted by atomic mass is 32.1. The van der Waals surface area contributed by atoms with Gasteiger partial charge in [0.05, 0.1) is 5.69 Å². The molecule has 1 N–H and O–H groups in total. The zero-order chi connectivity index (χ0) is 13.0. The molecular formula is C14H21N3S. The first-order valence-corrected chi connectivity index (χ1v) is 7.40. The van der Waals surface area contributed by atoms with E-state index >= 15 is 0 Å². The fourth-order valence-corrected chi connectivity index (χ4v) is 3.30. The van der Waals surface area contributed by atoms with Crippen LogP contribution in [0.25, 0.3) is 0 Å². The minimum atomic E-state index is 0.389. The lowest BCUT2D eigenvalue weighted by Crippen LogP contribution is -2.23. The Hall–Kier alpha value is -1.13. The van der Waals surface area contributed by atoms with Crippen molar-refractivity contribution < 1.29 is 0 Å². The average Bonchev–Trinajstić information content (AvgIpc) is 2.97. The van der Waals surface area contributed by atoms with Gasteiger partial charge in [0, 0.05) is 30.6 Å². The molecule has 0 spiro atoms. The zero-order valence-electron chi connectivity index (χ0n) is 11.3. The third-order valence-electron chi connectivity index (χ3n) is 3.11. The Kier molecular flexibility index (Phi) is 4.55. The Balaban J connectivity index is 2.17. The minimum absolute atomic E-state index is 0.389. The molecule has 2 rings (SSSR count). The lowest BCUT2D eigenvalue weighted by atomic mass is 10.0. The van der Waals surface area contributed by atoms with E-state index in [-0.39, 0.29) is 0 Å². The van der Waals surface area contributed by atoms with Gasteiger partial charge in [0.2, 0.25) is 0 Å². The molecular weight excluding hydrogens is 242 g/mol. The number of nitrogens with one attached hydrogen (secondary N) is 1. The van der Waals surface area contributed by atoms with Crippen LogP contribution in [0.15, 0.2) is 23.7 Å². The Morgan fingerprint density at radius 2 is 2.22 bits per heavy atom. The van der Waals surface area contributed by atoms with Crippen molar-refractivity contribution in [3.05, 3.63) is 39.8 Å². The van der Waals surface area contributed by atoms with Gasteiger partial charge in [0.15, 0.2) is 0 Å². The molecule has 0 saturated carbocycles. The van der Waals surface area contributed by atoms with Crippen molar-refractivity contribution in [2.75, 3.05) is 6.54 Å². The van der Waals surface area contributed by atoms with Crippen molar-refractivity contribution in [1.29, 1.82) is 0 Å². The fourth-order valence-electron chi connectivity index (χ4n) is 2.23. The first kappa shape index (κ1) is 13.3. The van der Waals surface area contributed by atoms with Gasteiger partial charge in [-0.25, -0.2) is 0 Å².